The van der Waals surface area contributed by atoms with Gasteiger partial charge in [0.25, 0.3) is 5.91 Å². The predicted octanol–water partition coefficient (Wildman–Crippen LogP) is 5.36. The van der Waals surface area contributed by atoms with Crippen LogP contribution in [0.3, 0.4) is 0 Å². The van der Waals surface area contributed by atoms with Gasteiger partial charge in [0, 0.05) is 4.90 Å². The number of carbonyl (C=O) groups is 1. The first-order chi connectivity index (χ1) is 13.7. The lowest BCUT2D eigenvalue weighted by Gasteiger charge is -2.18. The number of hydrogen-bond acceptors (Lipinski definition) is 4. The van der Waals surface area contributed by atoms with E-state index in [2.05, 4.69) is 5.32 Å². The number of nitrogens with one attached hydrogen (secondary N) is 1. The number of anilines is 1. The summed E-state index contributed by atoms with van der Waals surface area (Å²) in [6.07, 6.45) is 1.89. The lowest BCUT2D eigenvalue weighted by molar-refractivity contribution is -0.112. The summed E-state index contributed by atoms with van der Waals surface area (Å²) in [6.45, 7) is 0.486. The third-order valence-electron chi connectivity index (χ3n) is 4.32. The van der Waals surface area contributed by atoms with E-state index in [0.29, 0.717) is 11.5 Å². The Hall–Kier alpha value is -3.18. The minimum atomic E-state index is -0.0801. The van der Waals surface area contributed by atoms with E-state index in [9.17, 15) is 4.79 Å². The quantitative estimate of drug-likeness (QED) is 0.597. The Kier molecular flexibility index (Phi) is 5.35. The van der Waals surface area contributed by atoms with Crippen molar-refractivity contribution < 1.29 is 14.3 Å². The van der Waals surface area contributed by atoms with Gasteiger partial charge in [0.1, 0.15) is 18.1 Å². The maximum Gasteiger partial charge on any atom is 0.262 e. The van der Waals surface area contributed by atoms with Crippen LogP contribution in [0, 0.1) is 0 Å². The Balaban J connectivity index is 1.41. The topological polar surface area (TPSA) is 47.6 Å². The fourth-order valence-corrected chi connectivity index (χ4v) is 3.75. The molecule has 0 saturated carbocycles. The highest BCUT2D eigenvalue weighted by molar-refractivity contribution is 8.04. The average molecular weight is 389 g/mol. The number of hydrogen-bond donors (Lipinski definition) is 1. The van der Waals surface area contributed by atoms with Crippen LogP contribution in [0.1, 0.15) is 11.1 Å². The molecule has 0 radical (unpaired) electrons. The summed E-state index contributed by atoms with van der Waals surface area (Å²) in [6, 6.07) is 23.3. The molecular weight excluding hydrogens is 370 g/mol. The first-order valence-electron chi connectivity index (χ1n) is 8.87. The van der Waals surface area contributed by atoms with Crippen LogP contribution in [-0.2, 0) is 11.4 Å². The first kappa shape index (κ1) is 18.2. The smallest absolute Gasteiger partial charge is 0.262 e. The van der Waals surface area contributed by atoms with Gasteiger partial charge in [-0.25, -0.2) is 0 Å². The van der Waals surface area contributed by atoms with Crippen LogP contribution in [0.2, 0.25) is 0 Å². The fraction of sp³-hybridized carbons (Fsp3) is 0.0870. The number of carbonyl (C=O) groups excluding carboxylic acids is 1. The molecule has 0 aliphatic carbocycles. The van der Waals surface area contributed by atoms with Crippen molar-refractivity contribution in [2.45, 2.75) is 11.5 Å². The maximum atomic E-state index is 12.3. The zero-order valence-corrected chi connectivity index (χ0v) is 16.2. The average Bonchev–Trinajstić information content (AvgIpc) is 2.74. The number of benzene rings is 3. The second-order valence-corrected chi connectivity index (χ2v) is 7.35. The Morgan fingerprint density at radius 1 is 0.929 bits per heavy atom. The van der Waals surface area contributed by atoms with Crippen molar-refractivity contribution in [1.29, 1.82) is 0 Å². The Morgan fingerprint density at radius 3 is 2.39 bits per heavy atom. The van der Waals surface area contributed by atoms with Gasteiger partial charge in [-0.15, -0.1) is 0 Å². The number of para-hydroxylation sites is 1. The molecule has 0 aromatic heterocycles. The molecular formula is C23H19NO3S. The molecule has 1 aliphatic rings. The minimum absolute atomic E-state index is 0.0801. The van der Waals surface area contributed by atoms with Crippen LogP contribution in [-0.4, -0.2) is 13.0 Å². The molecule has 3 aromatic rings. The lowest BCUT2D eigenvalue weighted by atomic mass is 10.2. The Bertz CT molecular complexity index is 1010. The minimum Gasteiger partial charge on any atom is -0.497 e. The van der Waals surface area contributed by atoms with E-state index in [1.54, 1.807) is 7.11 Å². The van der Waals surface area contributed by atoms with Crippen molar-refractivity contribution in [3.8, 4) is 11.5 Å². The zero-order chi connectivity index (χ0) is 19.3. The van der Waals surface area contributed by atoms with Crippen molar-refractivity contribution in [2.75, 3.05) is 12.4 Å². The van der Waals surface area contributed by atoms with Gasteiger partial charge in [-0.3, -0.25) is 4.79 Å². The highest BCUT2D eigenvalue weighted by atomic mass is 32.2. The second kappa shape index (κ2) is 8.23. The van der Waals surface area contributed by atoms with Gasteiger partial charge >= 0.3 is 0 Å². The van der Waals surface area contributed by atoms with Gasteiger partial charge in [0.15, 0.2) is 0 Å². The maximum absolute atomic E-state index is 12.3. The summed E-state index contributed by atoms with van der Waals surface area (Å²) < 4.78 is 11.0. The molecule has 0 atom stereocenters. The summed E-state index contributed by atoms with van der Waals surface area (Å²) in [5.74, 6) is 1.53. The van der Waals surface area contributed by atoms with Crippen LogP contribution in [0.5, 0.6) is 11.5 Å². The third kappa shape index (κ3) is 4.21. The Morgan fingerprint density at radius 2 is 1.64 bits per heavy atom. The van der Waals surface area contributed by atoms with Crippen molar-refractivity contribution in [3.05, 3.63) is 88.8 Å². The van der Waals surface area contributed by atoms with E-state index in [0.717, 1.165) is 33.2 Å². The zero-order valence-electron chi connectivity index (χ0n) is 15.3. The highest BCUT2D eigenvalue weighted by Crippen LogP contribution is 2.38. The molecule has 0 spiro atoms. The molecule has 1 heterocycles. The summed E-state index contributed by atoms with van der Waals surface area (Å²) in [5, 5.41) is 2.93. The van der Waals surface area contributed by atoms with Crippen molar-refractivity contribution in [2.24, 2.45) is 0 Å². The Labute approximate surface area is 168 Å². The van der Waals surface area contributed by atoms with Crippen LogP contribution < -0.4 is 14.8 Å². The van der Waals surface area contributed by atoms with Gasteiger partial charge < -0.3 is 14.8 Å². The number of methoxy groups -OCH3 is 1. The molecule has 4 nitrogen and oxygen atoms in total. The molecule has 3 aromatic carbocycles. The standard InChI is InChI=1S/C23H19NO3S/c1-26-18-10-8-17(9-11-18)15-27-19-12-6-16(7-13-19)14-22-23(25)24-20-4-2-3-5-21(20)28-22/h2-14H,15H2,1H3,(H,24,25)/b22-14-. The van der Waals surface area contributed by atoms with Gasteiger partial charge in [-0.2, -0.15) is 0 Å². The summed E-state index contributed by atoms with van der Waals surface area (Å²) in [5.41, 5.74) is 2.88. The molecule has 0 saturated heterocycles. The van der Waals surface area contributed by atoms with Crippen LogP contribution in [0.15, 0.2) is 82.6 Å². The summed E-state index contributed by atoms with van der Waals surface area (Å²) in [7, 11) is 1.65. The highest BCUT2D eigenvalue weighted by Gasteiger charge is 2.20. The number of ether oxygens (including phenoxy) is 2. The van der Waals surface area contributed by atoms with E-state index in [-0.39, 0.29) is 5.91 Å². The first-order valence-corrected chi connectivity index (χ1v) is 9.69. The van der Waals surface area contributed by atoms with E-state index >= 15 is 0 Å². The summed E-state index contributed by atoms with van der Waals surface area (Å²) in [4.78, 5) is 14.0. The fourth-order valence-electron chi connectivity index (χ4n) is 2.80. The van der Waals surface area contributed by atoms with E-state index in [4.69, 9.17) is 9.47 Å². The number of fused-ring (bicyclic) bond motifs is 1. The largest absolute Gasteiger partial charge is 0.497 e. The summed E-state index contributed by atoms with van der Waals surface area (Å²) >= 11 is 1.48. The van der Waals surface area contributed by atoms with Gasteiger partial charge in [0.05, 0.1) is 17.7 Å². The molecule has 0 bridgehead atoms. The van der Waals surface area contributed by atoms with Gasteiger partial charge in [-0.05, 0) is 53.6 Å². The van der Waals surface area contributed by atoms with E-state index < -0.39 is 0 Å². The predicted molar refractivity (Wildman–Crippen MR) is 113 cm³/mol. The van der Waals surface area contributed by atoms with Gasteiger partial charge in [0.2, 0.25) is 0 Å². The molecule has 5 heteroatoms. The molecule has 4 rings (SSSR count). The second-order valence-electron chi connectivity index (χ2n) is 6.27. The number of amides is 1. The van der Waals surface area contributed by atoms with Crippen molar-refractivity contribution in [3.63, 3.8) is 0 Å². The lowest BCUT2D eigenvalue weighted by Crippen LogP contribution is -2.17. The monoisotopic (exact) mass is 389 g/mol. The molecule has 0 unspecified atom stereocenters. The molecule has 1 N–H and O–H groups in total. The molecule has 28 heavy (non-hydrogen) atoms. The number of rotatable bonds is 5. The van der Waals surface area contributed by atoms with Crippen molar-refractivity contribution in [1.82, 2.24) is 0 Å². The van der Waals surface area contributed by atoms with E-state index in [1.807, 2.05) is 78.9 Å². The molecule has 1 amide bonds. The molecule has 1 aliphatic heterocycles. The normalized spacial score (nSPS) is 14.3. The van der Waals surface area contributed by atoms with E-state index in [1.165, 1.54) is 11.8 Å². The molecule has 140 valence electrons. The van der Waals surface area contributed by atoms with Crippen LogP contribution in [0.25, 0.3) is 6.08 Å². The van der Waals surface area contributed by atoms with Crippen LogP contribution in [0.4, 0.5) is 5.69 Å². The van der Waals surface area contributed by atoms with Crippen molar-refractivity contribution >= 4 is 29.4 Å². The SMILES string of the molecule is COc1ccc(COc2ccc(/C=C3\Sc4ccccc4NC3=O)cc2)cc1. The molecule has 0 fully saturated rings. The van der Waals surface area contributed by atoms with Gasteiger partial charge in [-0.1, -0.05) is 48.2 Å². The van der Waals surface area contributed by atoms with Crippen LogP contribution >= 0.6 is 11.8 Å². The third-order valence-corrected chi connectivity index (χ3v) is 5.42. The number of thioether (sulfide) groups is 1.